The van der Waals surface area contributed by atoms with Crippen molar-refractivity contribution < 1.29 is 23.5 Å². The summed E-state index contributed by atoms with van der Waals surface area (Å²) in [5.41, 5.74) is -0.201. The summed E-state index contributed by atoms with van der Waals surface area (Å²) >= 11 is 5.89. The van der Waals surface area contributed by atoms with Crippen LogP contribution in [-0.2, 0) is 4.74 Å². The molecule has 0 saturated heterocycles. The van der Waals surface area contributed by atoms with Gasteiger partial charge in [-0.05, 0) is 18.2 Å². The van der Waals surface area contributed by atoms with Gasteiger partial charge in [-0.1, -0.05) is 11.6 Å². The zero-order valence-electron chi connectivity index (χ0n) is 11.2. The fraction of sp³-hybridized carbons (Fsp3) is 0.143. The highest BCUT2D eigenvalue weighted by Gasteiger charge is 2.22. The lowest BCUT2D eigenvalue weighted by Gasteiger charge is -2.08. The lowest BCUT2D eigenvalue weighted by Crippen LogP contribution is -2.10. The molecule has 1 aromatic carbocycles. The van der Waals surface area contributed by atoms with Gasteiger partial charge < -0.3 is 9.47 Å². The number of ketones is 1. The molecule has 0 unspecified atom stereocenters. The molecule has 0 fully saturated rings. The molecule has 0 saturated carbocycles. The largest absolute Gasteiger partial charge is 0.494 e. The van der Waals surface area contributed by atoms with Crippen molar-refractivity contribution in [3.63, 3.8) is 0 Å². The smallest absolute Gasteiger partial charge is 0.417 e. The Morgan fingerprint density at radius 1 is 1.24 bits per heavy atom. The van der Waals surface area contributed by atoms with Crippen LogP contribution < -0.4 is 4.74 Å². The van der Waals surface area contributed by atoms with Crippen molar-refractivity contribution in [1.29, 1.82) is 0 Å². The topological polar surface area (TPSA) is 57.5 Å². The van der Waals surface area contributed by atoms with Crippen LogP contribution in [-0.4, -0.2) is 30.7 Å². The number of nitrogens with zero attached hydrogens (tertiary/aromatic N) is 1. The minimum Gasteiger partial charge on any atom is -0.494 e. The van der Waals surface area contributed by atoms with Gasteiger partial charge in [0.05, 0.1) is 24.8 Å². The van der Waals surface area contributed by atoms with E-state index in [9.17, 15) is 14.0 Å². The van der Waals surface area contributed by atoms with Crippen LogP contribution in [0.25, 0.3) is 0 Å². The first-order valence-corrected chi connectivity index (χ1v) is 6.20. The molecule has 0 aliphatic rings. The van der Waals surface area contributed by atoms with Crippen molar-refractivity contribution in [2.24, 2.45) is 0 Å². The molecule has 0 atom stereocenters. The third-order valence-electron chi connectivity index (χ3n) is 2.84. The summed E-state index contributed by atoms with van der Waals surface area (Å²) in [4.78, 5) is 23.7. The molecule has 0 aliphatic carbocycles. The molecule has 0 radical (unpaired) electrons. The normalized spacial score (nSPS) is 10.3. The molecule has 7 heteroatoms. The fourth-order valence-corrected chi connectivity index (χ4v) is 2.03. The Bertz CT molecular complexity index is 711. The van der Waals surface area contributed by atoms with E-state index in [1.54, 1.807) is 0 Å². The van der Waals surface area contributed by atoms with Crippen molar-refractivity contribution >= 4 is 23.5 Å². The third kappa shape index (κ3) is 2.75. The van der Waals surface area contributed by atoms with Gasteiger partial charge in [-0.3, -0.25) is 9.36 Å². The van der Waals surface area contributed by atoms with E-state index in [1.165, 1.54) is 44.8 Å². The minimum absolute atomic E-state index is 0.0379. The van der Waals surface area contributed by atoms with Crippen LogP contribution in [0, 0.1) is 5.82 Å². The number of hydrogen-bond acceptors (Lipinski definition) is 4. The Kier molecular flexibility index (Phi) is 4.28. The molecular weight excluding hydrogens is 301 g/mol. The molecule has 0 amide bonds. The molecular formula is C14H11ClFNO4. The summed E-state index contributed by atoms with van der Waals surface area (Å²) in [6, 6.07) is 4.07. The van der Waals surface area contributed by atoms with E-state index >= 15 is 0 Å². The van der Waals surface area contributed by atoms with Crippen LogP contribution in [0.2, 0.25) is 5.02 Å². The number of carbonyl (C=O) groups excluding carboxylic acids is 2. The lowest BCUT2D eigenvalue weighted by atomic mass is 10.0. The van der Waals surface area contributed by atoms with Gasteiger partial charge in [0.1, 0.15) is 0 Å². The van der Waals surface area contributed by atoms with Crippen LogP contribution in [0.3, 0.4) is 0 Å². The second-order valence-electron chi connectivity index (χ2n) is 4.05. The third-order valence-corrected chi connectivity index (χ3v) is 3.16. The van der Waals surface area contributed by atoms with E-state index in [2.05, 4.69) is 4.74 Å². The Labute approximate surface area is 124 Å². The summed E-state index contributed by atoms with van der Waals surface area (Å²) in [7, 11) is 2.50. The maximum Gasteiger partial charge on any atom is 0.417 e. The zero-order chi connectivity index (χ0) is 15.6. The molecule has 21 heavy (non-hydrogen) atoms. The molecule has 2 aromatic rings. The SMILES string of the molecule is COC(=O)n1ccc(C(=O)c2c(Cl)ccc(OC)c2F)c1. The summed E-state index contributed by atoms with van der Waals surface area (Å²) < 4.78 is 24.6. The Morgan fingerprint density at radius 2 is 1.95 bits per heavy atom. The number of rotatable bonds is 3. The molecule has 110 valence electrons. The summed E-state index contributed by atoms with van der Waals surface area (Å²) in [6.07, 6.45) is 1.92. The van der Waals surface area contributed by atoms with Gasteiger partial charge >= 0.3 is 6.09 Å². The average Bonchev–Trinajstić information content (AvgIpc) is 2.96. The van der Waals surface area contributed by atoms with E-state index in [0.717, 1.165) is 4.57 Å². The monoisotopic (exact) mass is 311 g/mol. The number of hydrogen-bond donors (Lipinski definition) is 0. The first-order chi connectivity index (χ1) is 9.99. The van der Waals surface area contributed by atoms with Crippen molar-refractivity contribution in [2.45, 2.75) is 0 Å². The van der Waals surface area contributed by atoms with Gasteiger partial charge in [0, 0.05) is 18.0 Å². The van der Waals surface area contributed by atoms with E-state index in [1.807, 2.05) is 0 Å². The molecule has 0 spiro atoms. The van der Waals surface area contributed by atoms with Gasteiger partial charge in [0.15, 0.2) is 17.3 Å². The van der Waals surface area contributed by atoms with Crippen molar-refractivity contribution in [3.05, 3.63) is 52.6 Å². The van der Waals surface area contributed by atoms with Gasteiger partial charge in [0.25, 0.3) is 0 Å². The molecule has 2 rings (SSSR count). The highest BCUT2D eigenvalue weighted by atomic mass is 35.5. The predicted molar refractivity (Wildman–Crippen MR) is 73.6 cm³/mol. The summed E-state index contributed by atoms with van der Waals surface area (Å²) in [5.74, 6) is -1.59. The number of aromatic nitrogens is 1. The van der Waals surface area contributed by atoms with Crippen LogP contribution >= 0.6 is 11.6 Å². The number of carbonyl (C=O) groups is 2. The summed E-state index contributed by atoms with van der Waals surface area (Å²) in [5, 5.41) is -0.0379. The van der Waals surface area contributed by atoms with E-state index < -0.39 is 17.7 Å². The van der Waals surface area contributed by atoms with Gasteiger partial charge in [-0.15, -0.1) is 0 Å². The quantitative estimate of drug-likeness (QED) is 0.817. The lowest BCUT2D eigenvalue weighted by molar-refractivity contribution is 0.103. The molecule has 5 nitrogen and oxygen atoms in total. The van der Waals surface area contributed by atoms with Gasteiger partial charge in [-0.2, -0.15) is 0 Å². The van der Waals surface area contributed by atoms with Gasteiger partial charge in [0.2, 0.25) is 0 Å². The van der Waals surface area contributed by atoms with Crippen molar-refractivity contribution in [2.75, 3.05) is 14.2 Å². The van der Waals surface area contributed by atoms with Crippen LogP contribution in [0.1, 0.15) is 15.9 Å². The number of benzene rings is 1. The predicted octanol–water partition coefficient (Wildman–Crippen LogP) is 3.13. The standard InChI is InChI=1S/C14H11ClFNO4/c1-20-10-4-3-9(15)11(12(10)16)13(18)8-5-6-17(7-8)14(19)21-2/h3-7H,1-2H3. The Hall–Kier alpha value is -2.34. The fourth-order valence-electron chi connectivity index (χ4n) is 1.79. The Morgan fingerprint density at radius 3 is 2.57 bits per heavy atom. The van der Waals surface area contributed by atoms with Gasteiger partial charge in [-0.25, -0.2) is 9.18 Å². The Balaban J connectivity index is 2.45. The summed E-state index contributed by atoms with van der Waals surface area (Å²) in [6.45, 7) is 0. The van der Waals surface area contributed by atoms with E-state index in [0.29, 0.717) is 0 Å². The molecule has 0 aliphatic heterocycles. The number of methoxy groups -OCH3 is 2. The maximum atomic E-state index is 14.2. The average molecular weight is 312 g/mol. The number of ether oxygens (including phenoxy) is 2. The van der Waals surface area contributed by atoms with E-state index in [-0.39, 0.29) is 21.9 Å². The van der Waals surface area contributed by atoms with Crippen LogP contribution in [0.15, 0.2) is 30.6 Å². The molecule has 0 N–H and O–H groups in total. The van der Waals surface area contributed by atoms with Crippen LogP contribution in [0.5, 0.6) is 5.75 Å². The highest BCUT2D eigenvalue weighted by Crippen LogP contribution is 2.29. The zero-order valence-corrected chi connectivity index (χ0v) is 12.0. The molecule has 0 bridgehead atoms. The maximum absolute atomic E-state index is 14.2. The molecule has 1 heterocycles. The van der Waals surface area contributed by atoms with Crippen LogP contribution in [0.4, 0.5) is 9.18 Å². The second-order valence-corrected chi connectivity index (χ2v) is 4.45. The first-order valence-electron chi connectivity index (χ1n) is 5.82. The first kappa shape index (κ1) is 15.1. The van der Waals surface area contributed by atoms with Crippen molar-refractivity contribution in [3.8, 4) is 5.75 Å². The highest BCUT2D eigenvalue weighted by molar-refractivity contribution is 6.35. The molecule has 1 aromatic heterocycles. The minimum atomic E-state index is -0.846. The second kappa shape index (κ2) is 5.97. The van der Waals surface area contributed by atoms with Crippen molar-refractivity contribution in [1.82, 2.24) is 4.57 Å². The number of halogens is 2. The van der Waals surface area contributed by atoms with E-state index in [4.69, 9.17) is 16.3 Å².